The third-order valence-electron chi connectivity index (χ3n) is 3.71. The van der Waals surface area contributed by atoms with E-state index in [9.17, 15) is 0 Å². The van der Waals surface area contributed by atoms with Crippen LogP contribution in [0.1, 0.15) is 44.7 Å². The van der Waals surface area contributed by atoms with Crippen LogP contribution in [-0.2, 0) is 0 Å². The van der Waals surface area contributed by atoms with Gasteiger partial charge in [-0.15, -0.1) is 0 Å². The number of benzene rings is 1. The molecule has 0 spiro atoms. The number of hydrogen-bond acceptors (Lipinski definition) is 1. The third kappa shape index (κ3) is 3.63. The number of likely N-dealkylation sites (N-methyl/N-ethyl adjacent to an activating group) is 1. The number of hydrogen-bond donors (Lipinski definition) is 0. The number of allylic oxidation sites excluding steroid dienone is 1. The van der Waals surface area contributed by atoms with Gasteiger partial charge in [-0.25, -0.2) is 0 Å². The highest BCUT2D eigenvalue weighted by Gasteiger charge is 2.07. The van der Waals surface area contributed by atoms with E-state index in [1.807, 2.05) is 0 Å². The second-order valence-electron chi connectivity index (χ2n) is 5.24. The molecule has 0 aliphatic rings. The third-order valence-corrected chi connectivity index (χ3v) is 3.71. The van der Waals surface area contributed by atoms with E-state index in [0.717, 1.165) is 6.54 Å². The molecule has 1 heteroatoms. The molecule has 0 saturated heterocycles. The van der Waals surface area contributed by atoms with Crippen LogP contribution in [0.2, 0.25) is 0 Å². The van der Waals surface area contributed by atoms with Gasteiger partial charge in [0.05, 0.1) is 0 Å². The molecule has 1 nitrogen and oxygen atoms in total. The maximum absolute atomic E-state index is 2.36. The molecule has 0 aliphatic carbocycles. The van der Waals surface area contributed by atoms with E-state index in [0.29, 0.717) is 0 Å². The molecule has 0 unspecified atom stereocenters. The average molecular weight is 245 g/mol. The molecule has 0 N–H and O–H groups in total. The van der Waals surface area contributed by atoms with E-state index in [1.165, 1.54) is 35.2 Å². The minimum absolute atomic E-state index is 1.03. The molecule has 0 aliphatic heterocycles. The summed E-state index contributed by atoms with van der Waals surface area (Å²) in [6, 6.07) is 6.67. The number of anilines is 1. The molecule has 18 heavy (non-hydrogen) atoms. The fourth-order valence-corrected chi connectivity index (χ4v) is 2.54. The Bertz CT molecular complexity index is 423. The molecule has 0 heterocycles. The van der Waals surface area contributed by atoms with E-state index in [-0.39, 0.29) is 0 Å². The Hall–Kier alpha value is -1.24. The van der Waals surface area contributed by atoms with Crippen molar-refractivity contribution >= 4 is 5.69 Å². The van der Waals surface area contributed by atoms with Gasteiger partial charge in [-0.2, -0.15) is 0 Å². The van der Waals surface area contributed by atoms with Gasteiger partial charge in [-0.05, 0) is 50.8 Å². The fourth-order valence-electron chi connectivity index (χ4n) is 2.54. The van der Waals surface area contributed by atoms with E-state index >= 15 is 0 Å². The summed E-state index contributed by atoms with van der Waals surface area (Å²) >= 11 is 0. The predicted octanol–water partition coefficient (Wildman–Crippen LogP) is 4.88. The molecule has 1 rings (SSSR count). The van der Waals surface area contributed by atoms with E-state index in [1.54, 1.807) is 5.57 Å². The summed E-state index contributed by atoms with van der Waals surface area (Å²) in [5.41, 5.74) is 7.14. The van der Waals surface area contributed by atoms with Crippen LogP contribution in [0.5, 0.6) is 0 Å². The minimum Gasteiger partial charge on any atom is -0.370 e. The molecule has 0 amide bonds. The van der Waals surface area contributed by atoms with Crippen LogP contribution < -0.4 is 4.90 Å². The highest BCUT2D eigenvalue weighted by Crippen LogP contribution is 2.22. The van der Waals surface area contributed by atoms with Gasteiger partial charge in [-0.3, -0.25) is 0 Å². The molecule has 0 fully saturated rings. The Morgan fingerprint density at radius 3 is 2.28 bits per heavy atom. The van der Waals surface area contributed by atoms with Crippen LogP contribution in [0, 0.1) is 13.8 Å². The monoisotopic (exact) mass is 245 g/mol. The maximum atomic E-state index is 2.36. The number of rotatable bonds is 5. The molecule has 0 saturated carbocycles. The molecule has 0 radical (unpaired) electrons. The smallest absolute Gasteiger partial charge is 0.0398 e. The lowest BCUT2D eigenvalue weighted by molar-refractivity contribution is 0.891. The topological polar surface area (TPSA) is 3.24 Å². The van der Waals surface area contributed by atoms with E-state index in [4.69, 9.17) is 0 Å². The summed E-state index contributed by atoms with van der Waals surface area (Å²) in [5.74, 6) is 0. The Labute approximate surface area is 113 Å². The predicted molar refractivity (Wildman–Crippen MR) is 82.5 cm³/mol. The van der Waals surface area contributed by atoms with Crippen molar-refractivity contribution in [2.24, 2.45) is 0 Å². The van der Waals surface area contributed by atoms with Crippen LogP contribution in [0.25, 0.3) is 0 Å². The lowest BCUT2D eigenvalue weighted by atomic mass is 10.0. The number of nitrogens with zero attached hydrogens (tertiary/aromatic N) is 1. The Morgan fingerprint density at radius 2 is 1.72 bits per heavy atom. The van der Waals surface area contributed by atoms with Crippen LogP contribution in [-0.4, -0.2) is 13.6 Å². The Kier molecular flexibility index (Phi) is 5.46. The maximum Gasteiger partial charge on any atom is 0.0398 e. The number of aryl methyl sites for hydroxylation is 2. The molecule has 1 aromatic rings. The summed E-state index contributed by atoms with van der Waals surface area (Å²) < 4.78 is 0. The lowest BCUT2D eigenvalue weighted by Gasteiger charge is -2.23. The van der Waals surface area contributed by atoms with Crippen molar-refractivity contribution in [2.45, 2.75) is 47.5 Å². The first-order chi connectivity index (χ1) is 8.49. The molecule has 1 aromatic carbocycles. The molecular formula is C17H27N. The molecule has 0 aromatic heterocycles. The van der Waals surface area contributed by atoms with Crippen molar-refractivity contribution in [2.75, 3.05) is 18.5 Å². The van der Waals surface area contributed by atoms with Crippen LogP contribution in [0.4, 0.5) is 5.69 Å². The zero-order chi connectivity index (χ0) is 13.7. The van der Waals surface area contributed by atoms with Crippen LogP contribution in [0.15, 0.2) is 29.3 Å². The SMILES string of the molecule is CCC(CC)=C(C)CN(C)c1cc(C)ccc1C. The van der Waals surface area contributed by atoms with Crippen molar-refractivity contribution in [3.63, 3.8) is 0 Å². The summed E-state index contributed by atoms with van der Waals surface area (Å²) in [7, 11) is 2.19. The van der Waals surface area contributed by atoms with Crippen LogP contribution >= 0.6 is 0 Å². The molecule has 0 bridgehead atoms. The first kappa shape index (κ1) is 14.8. The molecule has 0 atom stereocenters. The molecular weight excluding hydrogens is 218 g/mol. The highest BCUT2D eigenvalue weighted by molar-refractivity contribution is 5.55. The summed E-state index contributed by atoms with van der Waals surface area (Å²) in [5, 5.41) is 0. The molecule has 100 valence electrons. The highest BCUT2D eigenvalue weighted by atomic mass is 15.1. The van der Waals surface area contributed by atoms with Gasteiger partial charge in [0.15, 0.2) is 0 Å². The second-order valence-corrected chi connectivity index (χ2v) is 5.24. The summed E-state index contributed by atoms with van der Waals surface area (Å²) in [6.45, 7) is 12.1. The van der Waals surface area contributed by atoms with Gasteiger partial charge in [0.25, 0.3) is 0 Å². The largest absolute Gasteiger partial charge is 0.370 e. The first-order valence-electron chi connectivity index (χ1n) is 6.95. The van der Waals surface area contributed by atoms with Gasteiger partial charge < -0.3 is 4.90 Å². The zero-order valence-corrected chi connectivity index (χ0v) is 12.8. The minimum atomic E-state index is 1.03. The van der Waals surface area contributed by atoms with Crippen LogP contribution in [0.3, 0.4) is 0 Å². The first-order valence-corrected chi connectivity index (χ1v) is 6.95. The summed E-state index contributed by atoms with van der Waals surface area (Å²) in [4.78, 5) is 2.36. The Balaban J connectivity index is 2.91. The average Bonchev–Trinajstić information content (AvgIpc) is 2.33. The van der Waals surface area contributed by atoms with Gasteiger partial charge in [0, 0.05) is 19.3 Å². The second kappa shape index (κ2) is 6.63. The van der Waals surface area contributed by atoms with Crippen molar-refractivity contribution in [1.29, 1.82) is 0 Å². The lowest BCUT2D eigenvalue weighted by Crippen LogP contribution is -2.21. The van der Waals surface area contributed by atoms with Crippen molar-refractivity contribution < 1.29 is 0 Å². The van der Waals surface area contributed by atoms with Crippen molar-refractivity contribution in [3.8, 4) is 0 Å². The van der Waals surface area contributed by atoms with Gasteiger partial charge in [0.2, 0.25) is 0 Å². The zero-order valence-electron chi connectivity index (χ0n) is 12.8. The van der Waals surface area contributed by atoms with E-state index < -0.39 is 0 Å². The van der Waals surface area contributed by atoms with Crippen molar-refractivity contribution in [3.05, 3.63) is 40.5 Å². The van der Waals surface area contributed by atoms with Crippen molar-refractivity contribution in [1.82, 2.24) is 0 Å². The van der Waals surface area contributed by atoms with Gasteiger partial charge in [0.1, 0.15) is 0 Å². The van der Waals surface area contributed by atoms with Gasteiger partial charge >= 0.3 is 0 Å². The fraction of sp³-hybridized carbons (Fsp3) is 0.529. The van der Waals surface area contributed by atoms with Gasteiger partial charge in [-0.1, -0.05) is 37.1 Å². The van der Waals surface area contributed by atoms with E-state index in [2.05, 4.69) is 64.8 Å². The standard InChI is InChI=1S/C17H27N/c1-7-16(8-2)15(5)12-18(6)17-11-13(3)9-10-14(17)4/h9-11H,7-8,12H2,1-6H3. The Morgan fingerprint density at radius 1 is 1.11 bits per heavy atom. The quantitative estimate of drug-likeness (QED) is 0.668. The normalized spacial score (nSPS) is 10.3. The summed E-state index contributed by atoms with van der Waals surface area (Å²) in [6.07, 6.45) is 2.34.